The van der Waals surface area contributed by atoms with Crippen molar-refractivity contribution in [2.24, 2.45) is 17.6 Å². The van der Waals surface area contributed by atoms with Gasteiger partial charge in [-0.2, -0.15) is 0 Å². The molecule has 3 unspecified atom stereocenters. The first-order valence-corrected chi connectivity index (χ1v) is 6.69. The Balaban J connectivity index is 2.15. The van der Waals surface area contributed by atoms with Gasteiger partial charge >= 0.3 is 0 Å². The first-order chi connectivity index (χ1) is 8.22. The van der Waals surface area contributed by atoms with Crippen molar-refractivity contribution >= 4 is 0 Å². The average molecular weight is 233 g/mol. The molecule has 1 saturated carbocycles. The number of benzene rings is 1. The molecule has 1 aromatic carbocycles. The highest BCUT2D eigenvalue weighted by Crippen LogP contribution is 2.39. The fourth-order valence-corrected chi connectivity index (χ4v) is 2.87. The van der Waals surface area contributed by atoms with Crippen LogP contribution in [0.3, 0.4) is 0 Å². The van der Waals surface area contributed by atoms with Gasteiger partial charge in [0.15, 0.2) is 0 Å². The van der Waals surface area contributed by atoms with Gasteiger partial charge in [0.2, 0.25) is 0 Å². The van der Waals surface area contributed by atoms with Gasteiger partial charge in [0.1, 0.15) is 5.75 Å². The van der Waals surface area contributed by atoms with E-state index in [2.05, 4.69) is 19.1 Å². The number of hydrogen-bond donors (Lipinski definition) is 1. The third-order valence-electron chi connectivity index (χ3n) is 3.82. The molecular formula is C15H23NO. The highest BCUT2D eigenvalue weighted by atomic mass is 16.5. The Morgan fingerprint density at radius 2 is 2.12 bits per heavy atom. The lowest BCUT2D eigenvalue weighted by Gasteiger charge is -2.22. The predicted octanol–water partition coefficient (Wildman–Crippen LogP) is 3.52. The number of rotatable bonds is 4. The van der Waals surface area contributed by atoms with Gasteiger partial charge in [-0.05, 0) is 37.7 Å². The lowest BCUT2D eigenvalue weighted by atomic mass is 9.91. The molecule has 1 fully saturated rings. The third kappa shape index (κ3) is 2.81. The summed E-state index contributed by atoms with van der Waals surface area (Å²) in [4.78, 5) is 0. The van der Waals surface area contributed by atoms with Gasteiger partial charge in [-0.1, -0.05) is 31.5 Å². The van der Waals surface area contributed by atoms with Gasteiger partial charge in [0.05, 0.1) is 6.61 Å². The van der Waals surface area contributed by atoms with Crippen LogP contribution in [0.15, 0.2) is 24.3 Å². The highest BCUT2D eigenvalue weighted by Gasteiger charge is 2.28. The van der Waals surface area contributed by atoms with E-state index in [1.165, 1.54) is 24.8 Å². The highest BCUT2D eigenvalue weighted by molar-refractivity contribution is 5.36. The molecule has 17 heavy (non-hydrogen) atoms. The van der Waals surface area contributed by atoms with Crippen molar-refractivity contribution in [1.29, 1.82) is 0 Å². The van der Waals surface area contributed by atoms with Gasteiger partial charge in [-0.25, -0.2) is 0 Å². The fourth-order valence-electron chi connectivity index (χ4n) is 2.87. The Kier molecular flexibility index (Phi) is 4.06. The van der Waals surface area contributed by atoms with Crippen molar-refractivity contribution in [1.82, 2.24) is 0 Å². The maximum absolute atomic E-state index is 6.41. The monoisotopic (exact) mass is 233 g/mol. The number of nitrogens with two attached hydrogens (primary N) is 1. The van der Waals surface area contributed by atoms with Gasteiger partial charge in [0, 0.05) is 11.6 Å². The quantitative estimate of drug-likeness (QED) is 0.863. The van der Waals surface area contributed by atoms with Crippen molar-refractivity contribution in [3.63, 3.8) is 0 Å². The second-order valence-corrected chi connectivity index (χ2v) is 5.17. The smallest absolute Gasteiger partial charge is 0.124 e. The van der Waals surface area contributed by atoms with Crippen LogP contribution < -0.4 is 10.5 Å². The minimum absolute atomic E-state index is 0.127. The Morgan fingerprint density at radius 1 is 1.35 bits per heavy atom. The lowest BCUT2D eigenvalue weighted by Crippen LogP contribution is -2.20. The van der Waals surface area contributed by atoms with Gasteiger partial charge in [0.25, 0.3) is 0 Å². The number of hydrogen-bond acceptors (Lipinski definition) is 2. The van der Waals surface area contributed by atoms with E-state index in [0.29, 0.717) is 12.5 Å². The van der Waals surface area contributed by atoms with E-state index in [4.69, 9.17) is 10.5 Å². The molecule has 2 N–H and O–H groups in total. The van der Waals surface area contributed by atoms with Gasteiger partial charge in [-0.15, -0.1) is 0 Å². The number of para-hydroxylation sites is 1. The van der Waals surface area contributed by atoms with Crippen LogP contribution in [0.2, 0.25) is 0 Å². The molecule has 2 heteroatoms. The van der Waals surface area contributed by atoms with Gasteiger partial charge < -0.3 is 10.5 Å². The maximum Gasteiger partial charge on any atom is 0.124 e. The molecule has 0 heterocycles. The molecule has 0 aromatic heterocycles. The molecule has 1 aliphatic rings. The van der Waals surface area contributed by atoms with E-state index in [1.807, 2.05) is 19.1 Å². The van der Waals surface area contributed by atoms with Crippen LogP contribution in [-0.2, 0) is 0 Å². The predicted molar refractivity (Wildman–Crippen MR) is 71.0 cm³/mol. The van der Waals surface area contributed by atoms with Crippen LogP contribution in [0.25, 0.3) is 0 Å². The summed E-state index contributed by atoms with van der Waals surface area (Å²) >= 11 is 0. The molecule has 0 bridgehead atoms. The fraction of sp³-hybridized carbons (Fsp3) is 0.600. The van der Waals surface area contributed by atoms with E-state index in [0.717, 1.165) is 11.7 Å². The first kappa shape index (κ1) is 12.4. The lowest BCUT2D eigenvalue weighted by molar-refractivity contribution is 0.326. The summed E-state index contributed by atoms with van der Waals surface area (Å²) < 4.78 is 5.66. The topological polar surface area (TPSA) is 35.2 Å². The van der Waals surface area contributed by atoms with Crippen LogP contribution in [-0.4, -0.2) is 6.61 Å². The third-order valence-corrected chi connectivity index (χ3v) is 3.82. The van der Waals surface area contributed by atoms with Crippen molar-refractivity contribution in [3.05, 3.63) is 29.8 Å². The van der Waals surface area contributed by atoms with Gasteiger partial charge in [-0.3, -0.25) is 0 Å². The summed E-state index contributed by atoms with van der Waals surface area (Å²) in [7, 11) is 0. The maximum atomic E-state index is 6.41. The second kappa shape index (κ2) is 5.54. The Labute approximate surface area is 104 Å². The minimum atomic E-state index is 0.127. The van der Waals surface area contributed by atoms with Crippen LogP contribution in [0.5, 0.6) is 5.75 Å². The van der Waals surface area contributed by atoms with Crippen molar-refractivity contribution < 1.29 is 4.74 Å². The van der Waals surface area contributed by atoms with Crippen LogP contribution >= 0.6 is 0 Å². The summed E-state index contributed by atoms with van der Waals surface area (Å²) in [6, 6.07) is 8.33. The first-order valence-electron chi connectivity index (χ1n) is 6.69. The molecule has 94 valence electrons. The van der Waals surface area contributed by atoms with Crippen LogP contribution in [0.4, 0.5) is 0 Å². The summed E-state index contributed by atoms with van der Waals surface area (Å²) in [5.74, 6) is 2.40. The Morgan fingerprint density at radius 3 is 2.76 bits per heavy atom. The van der Waals surface area contributed by atoms with E-state index >= 15 is 0 Å². The van der Waals surface area contributed by atoms with E-state index < -0.39 is 0 Å². The normalized spacial score (nSPS) is 25.8. The molecule has 3 atom stereocenters. The zero-order chi connectivity index (χ0) is 12.3. The second-order valence-electron chi connectivity index (χ2n) is 5.17. The van der Waals surface area contributed by atoms with E-state index in [9.17, 15) is 0 Å². The largest absolute Gasteiger partial charge is 0.494 e. The van der Waals surface area contributed by atoms with Crippen LogP contribution in [0, 0.1) is 11.8 Å². The van der Waals surface area contributed by atoms with Crippen molar-refractivity contribution in [2.75, 3.05) is 6.61 Å². The Bertz CT molecular complexity index is 364. The Hall–Kier alpha value is -1.02. The molecular weight excluding hydrogens is 210 g/mol. The molecule has 0 spiro atoms. The number of ether oxygens (including phenoxy) is 1. The molecule has 0 saturated heterocycles. The summed E-state index contributed by atoms with van der Waals surface area (Å²) in [6.07, 6.45) is 3.82. The molecule has 2 nitrogen and oxygen atoms in total. The van der Waals surface area contributed by atoms with E-state index in [-0.39, 0.29) is 6.04 Å². The molecule has 1 aliphatic carbocycles. The standard InChI is InChI=1S/C15H23NO/c1-3-17-14-7-5-4-6-13(14)15(16)12-9-8-11(2)10-12/h4-7,11-12,15H,3,8-10,16H2,1-2H3. The SMILES string of the molecule is CCOc1ccccc1C(N)C1CCC(C)C1. The summed E-state index contributed by atoms with van der Waals surface area (Å²) in [5, 5.41) is 0. The molecule has 1 aromatic rings. The van der Waals surface area contributed by atoms with Crippen molar-refractivity contribution in [3.8, 4) is 5.75 Å². The summed E-state index contributed by atoms with van der Waals surface area (Å²) in [6.45, 7) is 5.03. The summed E-state index contributed by atoms with van der Waals surface area (Å²) in [5.41, 5.74) is 7.59. The average Bonchev–Trinajstić information content (AvgIpc) is 2.76. The molecule has 0 aliphatic heterocycles. The molecule has 0 radical (unpaired) electrons. The minimum Gasteiger partial charge on any atom is -0.494 e. The molecule has 0 amide bonds. The van der Waals surface area contributed by atoms with Crippen molar-refractivity contribution in [2.45, 2.75) is 39.2 Å². The van der Waals surface area contributed by atoms with E-state index in [1.54, 1.807) is 0 Å². The van der Waals surface area contributed by atoms with Crippen LogP contribution in [0.1, 0.15) is 44.7 Å². The zero-order valence-electron chi connectivity index (χ0n) is 10.9. The zero-order valence-corrected chi connectivity index (χ0v) is 10.9. The molecule has 2 rings (SSSR count).